The Morgan fingerprint density at radius 2 is 1.90 bits per heavy atom. The highest BCUT2D eigenvalue weighted by Crippen LogP contribution is 2.32. The van der Waals surface area contributed by atoms with Crippen LogP contribution in [-0.2, 0) is 11.2 Å². The van der Waals surface area contributed by atoms with Crippen LogP contribution in [0, 0.1) is 5.82 Å². The summed E-state index contributed by atoms with van der Waals surface area (Å²) in [6, 6.07) is 13.2. The molecule has 1 fully saturated rings. The third kappa shape index (κ3) is 4.62. The molecule has 1 amide bonds. The molecule has 1 saturated heterocycles. The van der Waals surface area contributed by atoms with Crippen molar-refractivity contribution in [2.45, 2.75) is 25.3 Å². The van der Waals surface area contributed by atoms with Crippen molar-refractivity contribution in [1.82, 2.24) is 9.88 Å². The van der Waals surface area contributed by atoms with E-state index in [4.69, 9.17) is 13.9 Å². The fraction of sp³-hybridized carbons (Fsp3) is 0.304. The van der Waals surface area contributed by atoms with Gasteiger partial charge in [-0.05, 0) is 54.8 Å². The largest absolute Gasteiger partial charge is 0.497 e. The van der Waals surface area contributed by atoms with E-state index >= 15 is 0 Å². The lowest BCUT2D eigenvalue weighted by atomic mass is 10.1. The molecule has 1 aliphatic rings. The quantitative estimate of drug-likeness (QED) is 0.585. The summed E-state index contributed by atoms with van der Waals surface area (Å²) in [7, 11) is 1.60. The van der Waals surface area contributed by atoms with E-state index in [9.17, 15) is 9.18 Å². The zero-order valence-electron chi connectivity index (χ0n) is 16.7. The SMILES string of the molecule is COc1ccc(OCC(=O)N2CCC[C@@H]2c2ncc(Cc3ccc(F)cc3)o2)cc1. The molecule has 156 valence electrons. The van der Waals surface area contributed by atoms with E-state index < -0.39 is 0 Å². The molecule has 0 unspecified atom stereocenters. The summed E-state index contributed by atoms with van der Waals surface area (Å²) in [5.41, 5.74) is 0.936. The third-order valence-electron chi connectivity index (χ3n) is 5.14. The lowest BCUT2D eigenvalue weighted by Gasteiger charge is -2.22. The number of carbonyl (C=O) groups excluding carboxylic acids is 1. The van der Waals surface area contributed by atoms with Crippen LogP contribution in [0.25, 0.3) is 0 Å². The molecule has 0 N–H and O–H groups in total. The van der Waals surface area contributed by atoms with E-state index in [0.29, 0.717) is 30.4 Å². The average Bonchev–Trinajstić information content (AvgIpc) is 3.43. The van der Waals surface area contributed by atoms with Gasteiger partial charge in [0.1, 0.15) is 29.1 Å². The van der Waals surface area contributed by atoms with Gasteiger partial charge in [0.2, 0.25) is 5.89 Å². The van der Waals surface area contributed by atoms with Crippen molar-refractivity contribution in [3.63, 3.8) is 0 Å². The van der Waals surface area contributed by atoms with Crippen LogP contribution >= 0.6 is 0 Å². The average molecular weight is 410 g/mol. The number of hydrogen-bond acceptors (Lipinski definition) is 5. The number of benzene rings is 2. The summed E-state index contributed by atoms with van der Waals surface area (Å²) in [6.07, 6.45) is 3.88. The Morgan fingerprint density at radius 3 is 2.63 bits per heavy atom. The number of likely N-dealkylation sites (tertiary alicyclic amines) is 1. The molecule has 0 saturated carbocycles. The van der Waals surface area contributed by atoms with Gasteiger partial charge in [0, 0.05) is 13.0 Å². The highest BCUT2D eigenvalue weighted by Gasteiger charge is 2.33. The molecule has 3 aromatic rings. The Morgan fingerprint density at radius 1 is 1.17 bits per heavy atom. The van der Waals surface area contributed by atoms with Gasteiger partial charge in [-0.15, -0.1) is 0 Å². The van der Waals surface area contributed by atoms with Crippen molar-refractivity contribution in [2.75, 3.05) is 20.3 Å². The molecule has 1 aliphatic heterocycles. The first-order valence-electron chi connectivity index (χ1n) is 9.88. The number of amides is 1. The summed E-state index contributed by atoms with van der Waals surface area (Å²) in [6.45, 7) is 0.594. The first-order valence-corrected chi connectivity index (χ1v) is 9.88. The summed E-state index contributed by atoms with van der Waals surface area (Å²) >= 11 is 0. The van der Waals surface area contributed by atoms with Gasteiger partial charge in [-0.1, -0.05) is 12.1 Å². The fourth-order valence-corrected chi connectivity index (χ4v) is 3.58. The zero-order chi connectivity index (χ0) is 20.9. The van der Waals surface area contributed by atoms with Crippen LogP contribution < -0.4 is 9.47 Å². The van der Waals surface area contributed by atoms with E-state index in [2.05, 4.69) is 4.98 Å². The standard InChI is InChI=1S/C23H23FN2O4/c1-28-18-8-10-19(11-9-18)29-15-22(27)26-12-2-3-21(26)23-25-14-20(30-23)13-16-4-6-17(24)7-5-16/h4-11,14,21H,2-3,12-13,15H2,1H3/t21-/m1/s1. The number of methoxy groups -OCH3 is 1. The minimum absolute atomic E-state index is 0.0496. The molecule has 4 rings (SSSR count). The summed E-state index contributed by atoms with van der Waals surface area (Å²) < 4.78 is 29.7. The molecular weight excluding hydrogens is 387 g/mol. The molecule has 0 bridgehead atoms. The second kappa shape index (κ2) is 8.98. The van der Waals surface area contributed by atoms with Gasteiger partial charge in [-0.3, -0.25) is 4.79 Å². The summed E-state index contributed by atoms with van der Waals surface area (Å²) in [4.78, 5) is 18.9. The number of aromatic nitrogens is 1. The van der Waals surface area contributed by atoms with Gasteiger partial charge >= 0.3 is 0 Å². The van der Waals surface area contributed by atoms with E-state index in [0.717, 1.165) is 24.2 Å². The molecule has 0 aliphatic carbocycles. The number of oxazole rings is 1. The normalized spacial score (nSPS) is 15.9. The summed E-state index contributed by atoms with van der Waals surface area (Å²) in [5.74, 6) is 2.18. The van der Waals surface area contributed by atoms with Gasteiger partial charge in [0.25, 0.3) is 5.91 Å². The van der Waals surface area contributed by atoms with Crippen LogP contribution in [0.3, 0.4) is 0 Å². The van der Waals surface area contributed by atoms with Crippen molar-refractivity contribution in [2.24, 2.45) is 0 Å². The topological polar surface area (TPSA) is 64.8 Å². The van der Waals surface area contributed by atoms with E-state index in [1.807, 2.05) is 0 Å². The fourth-order valence-electron chi connectivity index (χ4n) is 3.58. The molecule has 1 aromatic heterocycles. The van der Waals surface area contributed by atoms with Crippen molar-refractivity contribution >= 4 is 5.91 Å². The number of halogens is 1. The maximum atomic E-state index is 13.1. The Balaban J connectivity index is 1.37. The van der Waals surface area contributed by atoms with Gasteiger partial charge in [0.15, 0.2) is 6.61 Å². The van der Waals surface area contributed by atoms with Crippen LogP contribution in [0.1, 0.15) is 36.1 Å². The van der Waals surface area contributed by atoms with Crippen LogP contribution in [0.4, 0.5) is 4.39 Å². The van der Waals surface area contributed by atoms with E-state index in [1.165, 1.54) is 12.1 Å². The summed E-state index contributed by atoms with van der Waals surface area (Å²) in [5, 5.41) is 0. The smallest absolute Gasteiger partial charge is 0.261 e. The predicted molar refractivity (Wildman–Crippen MR) is 108 cm³/mol. The minimum atomic E-state index is -0.269. The van der Waals surface area contributed by atoms with Gasteiger partial charge < -0.3 is 18.8 Å². The van der Waals surface area contributed by atoms with Gasteiger partial charge in [-0.2, -0.15) is 0 Å². The van der Waals surface area contributed by atoms with Crippen LogP contribution in [0.5, 0.6) is 11.5 Å². The second-order valence-corrected chi connectivity index (χ2v) is 7.18. The Kier molecular flexibility index (Phi) is 5.97. The Bertz CT molecular complexity index is 985. The van der Waals surface area contributed by atoms with Crippen LogP contribution in [0.2, 0.25) is 0 Å². The first-order chi connectivity index (χ1) is 14.6. The lowest BCUT2D eigenvalue weighted by molar-refractivity contribution is -0.134. The number of rotatable bonds is 7. The first kappa shape index (κ1) is 19.9. The lowest BCUT2D eigenvalue weighted by Crippen LogP contribution is -2.34. The molecule has 6 nitrogen and oxygen atoms in total. The van der Waals surface area contributed by atoms with Gasteiger partial charge in [0.05, 0.1) is 13.3 Å². The molecule has 2 aromatic carbocycles. The molecule has 1 atom stereocenters. The molecule has 30 heavy (non-hydrogen) atoms. The number of ether oxygens (including phenoxy) is 2. The third-order valence-corrected chi connectivity index (χ3v) is 5.14. The zero-order valence-corrected chi connectivity index (χ0v) is 16.7. The monoisotopic (exact) mass is 410 g/mol. The number of carbonyl (C=O) groups is 1. The minimum Gasteiger partial charge on any atom is -0.497 e. The van der Waals surface area contributed by atoms with E-state index in [1.54, 1.807) is 54.6 Å². The maximum absolute atomic E-state index is 13.1. The highest BCUT2D eigenvalue weighted by atomic mass is 19.1. The molecular formula is C23H23FN2O4. The van der Waals surface area contributed by atoms with E-state index in [-0.39, 0.29) is 24.4 Å². The van der Waals surface area contributed by atoms with Crippen molar-refractivity contribution < 1.29 is 23.1 Å². The molecule has 0 radical (unpaired) electrons. The van der Waals surface area contributed by atoms with Crippen LogP contribution in [0.15, 0.2) is 59.1 Å². The predicted octanol–water partition coefficient (Wildman–Crippen LogP) is 4.16. The Labute approximate surface area is 174 Å². The van der Waals surface area contributed by atoms with Crippen molar-refractivity contribution in [3.05, 3.63) is 77.8 Å². The second-order valence-electron chi connectivity index (χ2n) is 7.18. The number of hydrogen-bond donors (Lipinski definition) is 0. The van der Waals surface area contributed by atoms with Crippen molar-refractivity contribution in [1.29, 1.82) is 0 Å². The van der Waals surface area contributed by atoms with Gasteiger partial charge in [-0.25, -0.2) is 9.37 Å². The van der Waals surface area contributed by atoms with Crippen molar-refractivity contribution in [3.8, 4) is 11.5 Å². The number of nitrogens with zero attached hydrogens (tertiary/aromatic N) is 2. The van der Waals surface area contributed by atoms with Crippen LogP contribution in [-0.4, -0.2) is 36.1 Å². The highest BCUT2D eigenvalue weighted by molar-refractivity contribution is 5.78. The molecule has 7 heteroatoms. The maximum Gasteiger partial charge on any atom is 0.261 e. The molecule has 0 spiro atoms. The molecule has 2 heterocycles. The Hall–Kier alpha value is -3.35.